The average Bonchev–Trinajstić information content (AvgIpc) is 2.30. The van der Waals surface area contributed by atoms with Gasteiger partial charge in [-0.3, -0.25) is 0 Å². The number of benzene rings is 1. The van der Waals surface area contributed by atoms with Crippen molar-refractivity contribution in [3.8, 4) is 0 Å². The standard InChI is InChI=1S/C15H22ClN/c1-10-5-4-6-14(12(10)3)17-15-9-13(16)8-7-11(15)2/h7-10,12,14,17H,4-6H2,1-3H3. The first kappa shape index (κ1) is 12.8. The fourth-order valence-corrected chi connectivity index (χ4v) is 2.91. The number of aryl methyl sites for hydroxylation is 1. The van der Waals surface area contributed by atoms with Crippen molar-refractivity contribution in [1.82, 2.24) is 0 Å². The number of anilines is 1. The maximum Gasteiger partial charge on any atom is 0.0426 e. The number of hydrogen-bond donors (Lipinski definition) is 1. The molecular weight excluding hydrogens is 230 g/mol. The van der Waals surface area contributed by atoms with Gasteiger partial charge in [-0.2, -0.15) is 0 Å². The smallest absolute Gasteiger partial charge is 0.0426 e. The van der Waals surface area contributed by atoms with Crippen LogP contribution in [-0.2, 0) is 0 Å². The van der Waals surface area contributed by atoms with Gasteiger partial charge in [-0.25, -0.2) is 0 Å². The predicted molar refractivity (Wildman–Crippen MR) is 75.8 cm³/mol. The maximum absolute atomic E-state index is 6.06. The van der Waals surface area contributed by atoms with Crippen molar-refractivity contribution in [3.63, 3.8) is 0 Å². The van der Waals surface area contributed by atoms with Crippen molar-refractivity contribution in [1.29, 1.82) is 0 Å². The second-order valence-corrected chi connectivity index (χ2v) is 5.91. The molecule has 0 radical (unpaired) electrons. The minimum atomic E-state index is 0.593. The van der Waals surface area contributed by atoms with Gasteiger partial charge in [-0.1, -0.05) is 44.4 Å². The zero-order valence-electron chi connectivity index (χ0n) is 11.0. The Morgan fingerprint density at radius 1 is 1.24 bits per heavy atom. The molecule has 0 aromatic heterocycles. The topological polar surface area (TPSA) is 12.0 Å². The SMILES string of the molecule is Cc1ccc(Cl)cc1NC1CCCC(C)C1C. The quantitative estimate of drug-likeness (QED) is 0.790. The molecule has 0 aliphatic heterocycles. The number of hydrogen-bond acceptors (Lipinski definition) is 1. The summed E-state index contributed by atoms with van der Waals surface area (Å²) in [6.07, 6.45) is 3.98. The van der Waals surface area contributed by atoms with Crippen LogP contribution in [-0.4, -0.2) is 6.04 Å². The second kappa shape index (κ2) is 5.30. The first-order valence-corrected chi connectivity index (χ1v) is 6.98. The van der Waals surface area contributed by atoms with E-state index in [0.29, 0.717) is 6.04 Å². The average molecular weight is 252 g/mol. The van der Waals surface area contributed by atoms with E-state index in [0.717, 1.165) is 16.9 Å². The lowest BCUT2D eigenvalue weighted by Crippen LogP contribution is -2.35. The van der Waals surface area contributed by atoms with Gasteiger partial charge in [0.05, 0.1) is 0 Å². The highest BCUT2D eigenvalue weighted by atomic mass is 35.5. The molecule has 17 heavy (non-hydrogen) atoms. The van der Waals surface area contributed by atoms with E-state index >= 15 is 0 Å². The minimum absolute atomic E-state index is 0.593. The summed E-state index contributed by atoms with van der Waals surface area (Å²) < 4.78 is 0. The van der Waals surface area contributed by atoms with Gasteiger partial charge in [0.15, 0.2) is 0 Å². The van der Waals surface area contributed by atoms with Gasteiger partial charge in [0.2, 0.25) is 0 Å². The summed E-state index contributed by atoms with van der Waals surface area (Å²) in [5.74, 6) is 1.56. The van der Waals surface area contributed by atoms with Crippen LogP contribution in [0.5, 0.6) is 0 Å². The molecule has 1 nitrogen and oxygen atoms in total. The molecule has 0 bridgehead atoms. The summed E-state index contributed by atoms with van der Waals surface area (Å²) in [5.41, 5.74) is 2.48. The molecule has 1 saturated carbocycles. The molecule has 3 unspecified atom stereocenters. The third-order valence-electron chi connectivity index (χ3n) is 4.25. The van der Waals surface area contributed by atoms with Gasteiger partial charge in [-0.05, 0) is 42.9 Å². The molecule has 0 spiro atoms. The third kappa shape index (κ3) is 2.95. The second-order valence-electron chi connectivity index (χ2n) is 5.48. The van der Waals surface area contributed by atoms with Crippen molar-refractivity contribution in [2.24, 2.45) is 11.8 Å². The molecule has 0 heterocycles. The normalized spacial score (nSPS) is 29.1. The van der Waals surface area contributed by atoms with Crippen molar-refractivity contribution in [3.05, 3.63) is 28.8 Å². The molecule has 1 N–H and O–H groups in total. The van der Waals surface area contributed by atoms with Crippen LogP contribution in [0.1, 0.15) is 38.7 Å². The summed E-state index contributed by atoms with van der Waals surface area (Å²) in [6, 6.07) is 6.68. The lowest BCUT2D eigenvalue weighted by atomic mass is 9.78. The van der Waals surface area contributed by atoms with Crippen LogP contribution in [0.25, 0.3) is 0 Å². The fourth-order valence-electron chi connectivity index (χ4n) is 2.74. The van der Waals surface area contributed by atoms with Gasteiger partial charge >= 0.3 is 0 Å². The number of rotatable bonds is 2. The van der Waals surface area contributed by atoms with Crippen molar-refractivity contribution in [2.45, 2.75) is 46.1 Å². The Bertz CT molecular complexity index is 389. The van der Waals surface area contributed by atoms with Gasteiger partial charge in [0.25, 0.3) is 0 Å². The summed E-state index contributed by atoms with van der Waals surface area (Å²) in [6.45, 7) is 6.86. The summed E-state index contributed by atoms with van der Waals surface area (Å²) in [4.78, 5) is 0. The van der Waals surface area contributed by atoms with E-state index < -0.39 is 0 Å². The molecule has 2 heteroatoms. The molecule has 1 aromatic carbocycles. The van der Waals surface area contributed by atoms with Crippen LogP contribution in [0.4, 0.5) is 5.69 Å². The molecule has 1 fully saturated rings. The van der Waals surface area contributed by atoms with E-state index in [4.69, 9.17) is 11.6 Å². The molecular formula is C15H22ClN. The molecule has 0 amide bonds. The number of halogens is 1. The first-order valence-electron chi connectivity index (χ1n) is 6.60. The van der Waals surface area contributed by atoms with E-state index in [1.807, 2.05) is 12.1 Å². The van der Waals surface area contributed by atoms with E-state index in [1.54, 1.807) is 0 Å². The molecule has 1 aliphatic carbocycles. The first-order chi connectivity index (χ1) is 8.08. The highest BCUT2D eigenvalue weighted by Crippen LogP contribution is 2.32. The van der Waals surface area contributed by atoms with Crippen LogP contribution in [0.3, 0.4) is 0 Å². The van der Waals surface area contributed by atoms with Crippen molar-refractivity contribution < 1.29 is 0 Å². The Kier molecular flexibility index (Phi) is 3.98. The zero-order valence-corrected chi connectivity index (χ0v) is 11.7. The predicted octanol–water partition coefficient (Wildman–Crippen LogP) is 4.89. The summed E-state index contributed by atoms with van der Waals surface area (Å²) in [7, 11) is 0. The Balaban J connectivity index is 2.11. The third-order valence-corrected chi connectivity index (χ3v) is 4.48. The largest absolute Gasteiger partial charge is 0.382 e. The van der Waals surface area contributed by atoms with Crippen molar-refractivity contribution in [2.75, 3.05) is 5.32 Å². The van der Waals surface area contributed by atoms with E-state index in [-0.39, 0.29) is 0 Å². The molecule has 1 aromatic rings. The lowest BCUT2D eigenvalue weighted by Gasteiger charge is -2.35. The van der Waals surface area contributed by atoms with Gasteiger partial charge in [0, 0.05) is 16.8 Å². The molecule has 2 rings (SSSR count). The minimum Gasteiger partial charge on any atom is -0.382 e. The summed E-state index contributed by atoms with van der Waals surface area (Å²) in [5, 5.41) is 4.50. The van der Waals surface area contributed by atoms with Crippen LogP contribution in [0.15, 0.2) is 18.2 Å². The highest BCUT2D eigenvalue weighted by molar-refractivity contribution is 6.30. The highest BCUT2D eigenvalue weighted by Gasteiger charge is 2.27. The Morgan fingerprint density at radius 2 is 2.00 bits per heavy atom. The lowest BCUT2D eigenvalue weighted by molar-refractivity contribution is 0.253. The Hall–Kier alpha value is -0.690. The Labute approximate surface area is 110 Å². The van der Waals surface area contributed by atoms with Crippen LogP contribution in [0, 0.1) is 18.8 Å². The van der Waals surface area contributed by atoms with Crippen LogP contribution < -0.4 is 5.32 Å². The molecule has 3 atom stereocenters. The molecule has 94 valence electrons. The Morgan fingerprint density at radius 3 is 2.76 bits per heavy atom. The van der Waals surface area contributed by atoms with E-state index in [9.17, 15) is 0 Å². The number of nitrogens with one attached hydrogen (secondary N) is 1. The van der Waals surface area contributed by atoms with Crippen LogP contribution in [0.2, 0.25) is 5.02 Å². The van der Waals surface area contributed by atoms with E-state index in [2.05, 4.69) is 32.2 Å². The fraction of sp³-hybridized carbons (Fsp3) is 0.600. The van der Waals surface area contributed by atoms with Crippen LogP contribution >= 0.6 is 11.6 Å². The van der Waals surface area contributed by atoms with Crippen molar-refractivity contribution >= 4 is 17.3 Å². The summed E-state index contributed by atoms with van der Waals surface area (Å²) >= 11 is 6.06. The monoisotopic (exact) mass is 251 g/mol. The molecule has 1 aliphatic rings. The maximum atomic E-state index is 6.06. The van der Waals surface area contributed by atoms with Gasteiger partial charge in [0.1, 0.15) is 0 Å². The van der Waals surface area contributed by atoms with Gasteiger partial charge < -0.3 is 5.32 Å². The molecule has 0 saturated heterocycles. The van der Waals surface area contributed by atoms with E-state index in [1.165, 1.54) is 30.5 Å². The zero-order chi connectivity index (χ0) is 12.4. The van der Waals surface area contributed by atoms with Gasteiger partial charge in [-0.15, -0.1) is 0 Å².